The normalized spacial score (nSPS) is 11.7. The van der Waals surface area contributed by atoms with Gasteiger partial charge in [-0.3, -0.25) is 14.3 Å². The summed E-state index contributed by atoms with van der Waals surface area (Å²) in [6.07, 6.45) is -1.20. The van der Waals surface area contributed by atoms with Crippen molar-refractivity contribution in [3.63, 3.8) is 0 Å². The molecule has 0 spiro atoms. The van der Waals surface area contributed by atoms with Gasteiger partial charge in [0.15, 0.2) is 6.10 Å². The quantitative estimate of drug-likeness (QED) is 0.514. The molecule has 0 radical (unpaired) electrons. The minimum Gasteiger partial charge on any atom is -0.462 e. The summed E-state index contributed by atoms with van der Waals surface area (Å²) in [5.74, 6) is -2.01. The number of hydrogen-bond donors (Lipinski definition) is 2. The topological polar surface area (TPSA) is 124 Å². The summed E-state index contributed by atoms with van der Waals surface area (Å²) >= 11 is 0. The van der Waals surface area contributed by atoms with E-state index in [1.165, 1.54) is 11.6 Å². The molecule has 0 aliphatic heterocycles. The highest BCUT2D eigenvalue weighted by Gasteiger charge is 2.27. The van der Waals surface area contributed by atoms with Crippen molar-refractivity contribution in [1.29, 1.82) is 0 Å². The molecule has 10 heteroatoms. The van der Waals surface area contributed by atoms with Gasteiger partial charge >= 0.3 is 11.9 Å². The fourth-order valence-electron chi connectivity index (χ4n) is 3.67. The van der Waals surface area contributed by atoms with Crippen LogP contribution in [0.4, 0.5) is 5.69 Å². The number of rotatable bonds is 7. The molecule has 2 heterocycles. The van der Waals surface area contributed by atoms with Crippen LogP contribution in [-0.4, -0.2) is 44.9 Å². The first-order valence-electron chi connectivity index (χ1n) is 10.8. The van der Waals surface area contributed by atoms with Crippen LogP contribution < -0.4 is 10.9 Å². The number of hydrogen-bond acceptors (Lipinski definition) is 6. The van der Waals surface area contributed by atoms with Gasteiger partial charge in [0.2, 0.25) is 0 Å². The first-order valence-corrected chi connectivity index (χ1v) is 10.8. The number of aromatic nitrogens is 3. The van der Waals surface area contributed by atoms with E-state index in [0.29, 0.717) is 22.6 Å². The summed E-state index contributed by atoms with van der Waals surface area (Å²) in [6, 6.07) is 9.01. The Morgan fingerprint density at radius 2 is 1.74 bits per heavy atom. The predicted molar refractivity (Wildman–Crippen MR) is 125 cm³/mol. The number of para-hydroxylation sites is 1. The number of carbonyl (C=O) groups is 3. The van der Waals surface area contributed by atoms with E-state index in [2.05, 4.69) is 10.3 Å². The van der Waals surface area contributed by atoms with E-state index in [0.717, 1.165) is 0 Å². The molecular formula is C24H28N4O6. The minimum atomic E-state index is -1.20. The van der Waals surface area contributed by atoms with Crippen molar-refractivity contribution < 1.29 is 23.9 Å². The molecule has 0 aliphatic rings. The van der Waals surface area contributed by atoms with Crippen LogP contribution in [0.3, 0.4) is 0 Å². The molecular weight excluding hydrogens is 440 g/mol. The SMILES string of the molecule is CCOC(=O)c1c(C)[nH]c(C(=O)OC(C)C(=O)Nc2c(C)n(C)n(-c3ccccc3)c2=O)c1C. The Kier molecular flexibility index (Phi) is 7.09. The van der Waals surface area contributed by atoms with Gasteiger partial charge < -0.3 is 19.8 Å². The van der Waals surface area contributed by atoms with E-state index in [1.807, 2.05) is 18.2 Å². The lowest BCUT2D eigenvalue weighted by Gasteiger charge is -2.13. The average Bonchev–Trinajstić information content (AvgIpc) is 3.21. The molecule has 0 aliphatic carbocycles. The largest absolute Gasteiger partial charge is 0.462 e. The zero-order valence-electron chi connectivity index (χ0n) is 20.0. The number of nitrogens with zero attached hydrogens (tertiary/aromatic N) is 2. The van der Waals surface area contributed by atoms with Gasteiger partial charge in [0.1, 0.15) is 11.4 Å². The zero-order valence-corrected chi connectivity index (χ0v) is 20.0. The minimum absolute atomic E-state index is 0.0579. The number of nitrogens with one attached hydrogen (secondary N) is 2. The number of ether oxygens (including phenoxy) is 2. The van der Waals surface area contributed by atoms with Crippen molar-refractivity contribution >= 4 is 23.5 Å². The lowest BCUT2D eigenvalue weighted by Crippen LogP contribution is -2.32. The molecule has 3 aromatic rings. The lowest BCUT2D eigenvalue weighted by molar-refractivity contribution is -0.123. The van der Waals surface area contributed by atoms with Crippen LogP contribution in [0.1, 0.15) is 51.6 Å². The number of carbonyl (C=O) groups excluding carboxylic acids is 3. The highest BCUT2D eigenvalue weighted by atomic mass is 16.5. The second-order valence-electron chi connectivity index (χ2n) is 7.82. The highest BCUT2D eigenvalue weighted by Crippen LogP contribution is 2.21. The number of aromatic amines is 1. The predicted octanol–water partition coefficient (Wildman–Crippen LogP) is 2.79. The van der Waals surface area contributed by atoms with Gasteiger partial charge in [-0.2, -0.15) is 0 Å². The number of amides is 1. The maximum atomic E-state index is 13.0. The summed E-state index contributed by atoms with van der Waals surface area (Å²) in [6.45, 7) is 8.23. The number of benzene rings is 1. The van der Waals surface area contributed by atoms with Crippen LogP contribution >= 0.6 is 0 Å². The van der Waals surface area contributed by atoms with Crippen molar-refractivity contribution in [2.45, 2.75) is 40.7 Å². The first-order chi connectivity index (χ1) is 16.1. The van der Waals surface area contributed by atoms with E-state index >= 15 is 0 Å². The Bertz CT molecular complexity index is 1300. The van der Waals surface area contributed by atoms with Gasteiger partial charge in [-0.25, -0.2) is 14.3 Å². The van der Waals surface area contributed by atoms with Gasteiger partial charge in [-0.05, 0) is 52.3 Å². The second-order valence-corrected chi connectivity index (χ2v) is 7.82. The molecule has 34 heavy (non-hydrogen) atoms. The maximum absolute atomic E-state index is 13.0. The van der Waals surface area contributed by atoms with Gasteiger partial charge in [0, 0.05) is 12.7 Å². The van der Waals surface area contributed by atoms with Crippen molar-refractivity contribution in [3.05, 3.63) is 68.9 Å². The van der Waals surface area contributed by atoms with E-state index < -0.39 is 29.5 Å². The fraction of sp³-hybridized carbons (Fsp3) is 0.333. The first kappa shape index (κ1) is 24.6. The number of H-pyrrole nitrogens is 1. The summed E-state index contributed by atoms with van der Waals surface area (Å²) in [5.41, 5.74) is 2.02. The Hall–Kier alpha value is -4.08. The molecule has 180 valence electrons. The smallest absolute Gasteiger partial charge is 0.355 e. The summed E-state index contributed by atoms with van der Waals surface area (Å²) < 4.78 is 13.4. The standard InChI is InChI=1S/C24H28N4O6/c1-7-33-23(31)18-13(2)19(25-14(18)3)24(32)34-16(5)21(29)26-20-15(4)27(6)28(22(20)30)17-11-9-8-10-12-17/h8-12,16,25H,7H2,1-6H3,(H,26,29). The molecule has 2 N–H and O–H groups in total. The molecule has 2 aromatic heterocycles. The van der Waals surface area contributed by atoms with Gasteiger partial charge in [0.05, 0.1) is 23.6 Å². The van der Waals surface area contributed by atoms with Crippen LogP contribution in [0.25, 0.3) is 5.69 Å². The Labute approximate surface area is 196 Å². The third-order valence-corrected chi connectivity index (χ3v) is 5.58. The number of aryl methyl sites for hydroxylation is 1. The Morgan fingerprint density at radius 1 is 1.09 bits per heavy atom. The molecule has 1 amide bonds. The van der Waals surface area contributed by atoms with Crippen LogP contribution in [0.15, 0.2) is 35.1 Å². The summed E-state index contributed by atoms with van der Waals surface area (Å²) in [7, 11) is 1.71. The van der Waals surface area contributed by atoms with Crippen LogP contribution in [0.5, 0.6) is 0 Å². The number of esters is 2. The van der Waals surface area contributed by atoms with E-state index in [-0.39, 0.29) is 23.6 Å². The molecule has 10 nitrogen and oxygen atoms in total. The summed E-state index contributed by atoms with van der Waals surface area (Å²) in [5, 5.41) is 2.58. The van der Waals surface area contributed by atoms with Crippen molar-refractivity contribution in [1.82, 2.24) is 14.3 Å². The molecule has 3 rings (SSSR count). The molecule has 0 saturated carbocycles. The lowest BCUT2D eigenvalue weighted by atomic mass is 10.1. The molecule has 1 atom stereocenters. The second kappa shape index (κ2) is 9.82. The van der Waals surface area contributed by atoms with E-state index in [9.17, 15) is 19.2 Å². The van der Waals surface area contributed by atoms with Crippen molar-refractivity contribution in [2.24, 2.45) is 7.05 Å². The number of anilines is 1. The van der Waals surface area contributed by atoms with Crippen LogP contribution in [0, 0.1) is 20.8 Å². The van der Waals surface area contributed by atoms with E-state index in [4.69, 9.17) is 9.47 Å². The van der Waals surface area contributed by atoms with Crippen LogP contribution in [0.2, 0.25) is 0 Å². The molecule has 1 aromatic carbocycles. The van der Waals surface area contributed by atoms with E-state index in [1.54, 1.807) is 51.6 Å². The zero-order chi connectivity index (χ0) is 25.2. The third-order valence-electron chi connectivity index (χ3n) is 5.58. The summed E-state index contributed by atoms with van der Waals surface area (Å²) in [4.78, 5) is 53.4. The third kappa shape index (κ3) is 4.52. The molecule has 0 bridgehead atoms. The van der Waals surface area contributed by atoms with Gasteiger partial charge in [-0.15, -0.1) is 0 Å². The van der Waals surface area contributed by atoms with Crippen molar-refractivity contribution in [3.8, 4) is 5.69 Å². The van der Waals surface area contributed by atoms with Crippen LogP contribution in [-0.2, 0) is 21.3 Å². The van der Waals surface area contributed by atoms with Gasteiger partial charge in [-0.1, -0.05) is 18.2 Å². The van der Waals surface area contributed by atoms with Crippen molar-refractivity contribution in [2.75, 3.05) is 11.9 Å². The van der Waals surface area contributed by atoms with Gasteiger partial charge in [0.25, 0.3) is 11.5 Å². The molecule has 0 saturated heterocycles. The molecule has 0 fully saturated rings. The maximum Gasteiger partial charge on any atom is 0.355 e. The monoisotopic (exact) mass is 468 g/mol. The fourth-order valence-corrected chi connectivity index (χ4v) is 3.67. The Balaban J connectivity index is 1.78. The Morgan fingerprint density at radius 3 is 2.35 bits per heavy atom. The average molecular weight is 469 g/mol. The molecule has 1 unspecified atom stereocenters. The highest BCUT2D eigenvalue weighted by molar-refractivity contribution is 6.00.